The zero-order valence-electron chi connectivity index (χ0n) is 10.9. The van der Waals surface area contributed by atoms with Gasteiger partial charge in [-0.25, -0.2) is 9.89 Å². The highest BCUT2D eigenvalue weighted by atomic mass is 32.2. The molecule has 20 heavy (non-hydrogen) atoms. The maximum atomic E-state index is 11.6. The molecule has 2 rings (SSSR count). The maximum Gasteiger partial charge on any atom is 0.343 e. The quantitative estimate of drug-likeness (QED) is 0.705. The predicted octanol–water partition coefficient (Wildman–Crippen LogP) is 0.814. The van der Waals surface area contributed by atoms with Gasteiger partial charge in [-0.15, -0.1) is 5.10 Å². The molecule has 0 aliphatic carbocycles. The molecule has 0 bridgehead atoms. The van der Waals surface area contributed by atoms with Crippen LogP contribution in [0.2, 0.25) is 0 Å². The van der Waals surface area contributed by atoms with Crippen LogP contribution in [0.25, 0.3) is 0 Å². The Labute approximate surface area is 119 Å². The molecule has 0 fully saturated rings. The minimum Gasteiger partial charge on any atom is -0.397 e. The summed E-state index contributed by atoms with van der Waals surface area (Å²) in [6.07, 6.45) is 0.809. The van der Waals surface area contributed by atoms with E-state index < -0.39 is 5.91 Å². The van der Waals surface area contributed by atoms with Crippen molar-refractivity contribution in [1.82, 2.24) is 14.8 Å². The molecule has 1 heterocycles. The van der Waals surface area contributed by atoms with Gasteiger partial charge in [0.05, 0.1) is 11.3 Å². The molecular weight excluding hydrogens is 278 g/mol. The van der Waals surface area contributed by atoms with Crippen molar-refractivity contribution in [2.45, 2.75) is 29.9 Å². The Morgan fingerprint density at radius 3 is 2.90 bits per heavy atom. The van der Waals surface area contributed by atoms with Gasteiger partial charge < -0.3 is 11.5 Å². The highest BCUT2D eigenvalue weighted by Gasteiger charge is 2.14. The molecule has 0 aliphatic rings. The van der Waals surface area contributed by atoms with E-state index in [2.05, 4.69) is 10.2 Å². The normalized spacial score (nSPS) is 10.7. The Morgan fingerprint density at radius 1 is 1.50 bits per heavy atom. The summed E-state index contributed by atoms with van der Waals surface area (Å²) >= 11 is 1.22. The fraction of sp³-hybridized carbons (Fsp3) is 0.250. The van der Waals surface area contributed by atoms with E-state index in [1.54, 1.807) is 18.2 Å². The zero-order valence-corrected chi connectivity index (χ0v) is 11.7. The van der Waals surface area contributed by atoms with Crippen LogP contribution in [0.3, 0.4) is 0 Å². The van der Waals surface area contributed by atoms with E-state index in [0.29, 0.717) is 22.3 Å². The monoisotopic (exact) mass is 293 g/mol. The number of nitrogens with two attached hydrogens (primary N) is 2. The number of hydrogen-bond acceptors (Lipinski definition) is 5. The van der Waals surface area contributed by atoms with Crippen LogP contribution in [0.15, 0.2) is 33.0 Å². The fourth-order valence-corrected chi connectivity index (χ4v) is 2.69. The Kier molecular flexibility index (Phi) is 4.14. The van der Waals surface area contributed by atoms with Gasteiger partial charge in [-0.1, -0.05) is 13.0 Å². The van der Waals surface area contributed by atoms with Crippen LogP contribution in [0.5, 0.6) is 0 Å². The molecule has 0 aliphatic heterocycles. The lowest BCUT2D eigenvalue weighted by Crippen LogP contribution is -2.17. The topological polar surface area (TPSA) is 120 Å². The number of hydrogen-bond donors (Lipinski definition) is 3. The van der Waals surface area contributed by atoms with Crippen molar-refractivity contribution in [3.8, 4) is 0 Å². The van der Waals surface area contributed by atoms with Crippen LogP contribution >= 0.6 is 11.8 Å². The summed E-state index contributed by atoms with van der Waals surface area (Å²) in [5, 5.41) is 6.87. The number of aromatic amines is 1. The SMILES string of the molecule is CCCn1c(Sc2cccc(C(N)=O)c2N)n[nH]c1=O. The second-order valence-electron chi connectivity index (χ2n) is 4.15. The van der Waals surface area contributed by atoms with Gasteiger partial charge in [-0.05, 0) is 30.3 Å². The Balaban J connectivity index is 2.38. The van der Waals surface area contributed by atoms with Crippen LogP contribution in [0, 0.1) is 0 Å². The average Bonchev–Trinajstić information content (AvgIpc) is 2.74. The van der Waals surface area contributed by atoms with E-state index in [1.807, 2.05) is 6.92 Å². The number of para-hydroxylation sites is 1. The van der Waals surface area contributed by atoms with Crippen molar-refractivity contribution in [3.63, 3.8) is 0 Å². The lowest BCUT2D eigenvalue weighted by atomic mass is 10.2. The number of aromatic nitrogens is 3. The minimum absolute atomic E-state index is 0.259. The summed E-state index contributed by atoms with van der Waals surface area (Å²) in [6, 6.07) is 5.00. The molecule has 7 nitrogen and oxygen atoms in total. The second kappa shape index (κ2) is 5.83. The van der Waals surface area contributed by atoms with Crippen LogP contribution < -0.4 is 17.2 Å². The number of carbonyl (C=O) groups is 1. The van der Waals surface area contributed by atoms with Gasteiger partial charge in [0.25, 0.3) is 5.91 Å². The van der Waals surface area contributed by atoms with Crippen molar-refractivity contribution in [2.75, 3.05) is 5.73 Å². The summed E-state index contributed by atoms with van der Waals surface area (Å²) in [5.41, 5.74) is 11.5. The summed E-state index contributed by atoms with van der Waals surface area (Å²) in [6.45, 7) is 2.53. The molecule has 1 amide bonds. The first kappa shape index (κ1) is 14.2. The van der Waals surface area contributed by atoms with Gasteiger partial charge in [0.2, 0.25) is 0 Å². The molecule has 1 aromatic heterocycles. The lowest BCUT2D eigenvalue weighted by Gasteiger charge is -2.08. The van der Waals surface area contributed by atoms with Crippen molar-refractivity contribution < 1.29 is 4.79 Å². The van der Waals surface area contributed by atoms with Gasteiger partial charge >= 0.3 is 5.69 Å². The number of H-pyrrole nitrogens is 1. The predicted molar refractivity (Wildman–Crippen MR) is 76.6 cm³/mol. The lowest BCUT2D eigenvalue weighted by molar-refractivity contribution is 0.100. The third-order valence-electron chi connectivity index (χ3n) is 2.70. The van der Waals surface area contributed by atoms with Crippen molar-refractivity contribution in [2.24, 2.45) is 5.73 Å². The summed E-state index contributed by atoms with van der Waals surface area (Å²) in [4.78, 5) is 23.5. The van der Waals surface area contributed by atoms with Crippen LogP contribution in [-0.2, 0) is 6.54 Å². The molecule has 0 spiro atoms. The zero-order chi connectivity index (χ0) is 14.7. The molecule has 106 valence electrons. The number of nitrogens with zero attached hydrogens (tertiary/aromatic N) is 2. The second-order valence-corrected chi connectivity index (χ2v) is 5.16. The van der Waals surface area contributed by atoms with Crippen LogP contribution in [-0.4, -0.2) is 20.7 Å². The summed E-state index contributed by atoms with van der Waals surface area (Å²) in [5.74, 6) is -0.585. The van der Waals surface area contributed by atoms with Gasteiger partial charge in [0.15, 0.2) is 5.16 Å². The largest absolute Gasteiger partial charge is 0.397 e. The van der Waals surface area contributed by atoms with Crippen molar-refractivity contribution in [3.05, 3.63) is 34.2 Å². The molecule has 0 radical (unpaired) electrons. The number of rotatable bonds is 5. The molecule has 8 heteroatoms. The molecule has 5 N–H and O–H groups in total. The first-order valence-corrected chi connectivity index (χ1v) is 6.87. The number of nitrogen functional groups attached to an aromatic ring is 1. The molecule has 0 saturated heterocycles. The highest BCUT2D eigenvalue weighted by Crippen LogP contribution is 2.32. The average molecular weight is 293 g/mol. The minimum atomic E-state index is -0.585. The number of primary amides is 1. The van der Waals surface area contributed by atoms with Crippen LogP contribution in [0.4, 0.5) is 5.69 Å². The van der Waals surface area contributed by atoms with Gasteiger partial charge in [0.1, 0.15) is 0 Å². The number of anilines is 1. The van der Waals surface area contributed by atoms with E-state index >= 15 is 0 Å². The van der Waals surface area contributed by atoms with Crippen molar-refractivity contribution >= 4 is 23.4 Å². The number of amides is 1. The summed E-state index contributed by atoms with van der Waals surface area (Å²) in [7, 11) is 0. The first-order valence-electron chi connectivity index (χ1n) is 6.06. The van der Waals surface area contributed by atoms with E-state index in [0.717, 1.165) is 6.42 Å². The Hall–Kier alpha value is -2.22. The van der Waals surface area contributed by atoms with E-state index in [1.165, 1.54) is 16.3 Å². The van der Waals surface area contributed by atoms with Gasteiger partial charge in [-0.2, -0.15) is 0 Å². The van der Waals surface area contributed by atoms with Gasteiger partial charge in [-0.3, -0.25) is 9.36 Å². The molecular formula is C12H15N5O2S. The van der Waals surface area contributed by atoms with Gasteiger partial charge in [0, 0.05) is 11.4 Å². The number of benzene rings is 1. The van der Waals surface area contributed by atoms with Crippen molar-refractivity contribution in [1.29, 1.82) is 0 Å². The third kappa shape index (κ3) is 2.69. The Morgan fingerprint density at radius 2 is 2.25 bits per heavy atom. The number of carbonyl (C=O) groups excluding carboxylic acids is 1. The van der Waals surface area contributed by atoms with E-state index in [9.17, 15) is 9.59 Å². The molecule has 2 aromatic rings. The van der Waals surface area contributed by atoms with Crippen LogP contribution in [0.1, 0.15) is 23.7 Å². The summed E-state index contributed by atoms with van der Waals surface area (Å²) < 4.78 is 1.53. The molecule has 1 aromatic carbocycles. The Bertz CT molecular complexity index is 691. The number of nitrogens with one attached hydrogen (secondary N) is 1. The molecule has 0 atom stereocenters. The highest BCUT2D eigenvalue weighted by molar-refractivity contribution is 7.99. The molecule has 0 saturated carbocycles. The third-order valence-corrected chi connectivity index (χ3v) is 3.77. The van der Waals surface area contributed by atoms with E-state index in [-0.39, 0.29) is 11.3 Å². The maximum absolute atomic E-state index is 11.6. The standard InChI is InChI=1S/C12H15N5O2S/c1-2-6-17-11(19)15-16-12(17)20-8-5-3-4-7(9(8)13)10(14)18/h3-5H,2,6,13H2,1H3,(H2,14,18)(H,15,19). The first-order chi connectivity index (χ1) is 9.54. The fourth-order valence-electron chi connectivity index (χ4n) is 1.75. The smallest absolute Gasteiger partial charge is 0.343 e. The molecule has 0 unspecified atom stereocenters. The van der Waals surface area contributed by atoms with E-state index in [4.69, 9.17) is 11.5 Å².